The maximum absolute atomic E-state index is 2.58. The molecule has 0 fully saturated rings. The summed E-state index contributed by atoms with van der Waals surface area (Å²) < 4.78 is 5.00. The lowest BCUT2D eigenvalue weighted by Gasteiger charge is -2.33. The molecule has 1 aliphatic rings. The monoisotopic (exact) mass is 636 g/mol. The molecule has 0 unspecified atom stereocenters. The van der Waals surface area contributed by atoms with E-state index in [-0.39, 0.29) is 5.41 Å². The Morgan fingerprint density at radius 3 is 1.10 bits per heavy atom. The lowest BCUT2D eigenvalue weighted by atomic mass is 9.70. The third-order valence-corrected chi connectivity index (χ3v) is 11.4. The summed E-state index contributed by atoms with van der Waals surface area (Å²) in [5, 5.41) is 5.26. The average Bonchev–Trinajstić information content (AvgIpc) is 3.76. The molecular formula is C47H44N2. The Balaban J connectivity index is 1.29. The standard InChI is InChI=1S/C47H44N2/c1-3-5-15-29-47(30-16-6-4-2)41-31-33(48-43-21-11-7-17-37(43)38-18-8-12-22-44(38)48)25-27-35(41)36-28-26-34(32-42(36)47)49-45-23-13-9-19-39(45)40-20-10-14-24-46(40)49/h7-14,17-28,31-32H,3-6,15-16,29-30H2,1-2H3. The molecule has 0 aliphatic heterocycles. The number of aromatic nitrogens is 2. The zero-order valence-electron chi connectivity index (χ0n) is 28.8. The Morgan fingerprint density at radius 2 is 0.755 bits per heavy atom. The number of hydrogen-bond acceptors (Lipinski definition) is 0. The first-order valence-electron chi connectivity index (χ1n) is 18.5. The first-order chi connectivity index (χ1) is 24.2. The van der Waals surface area contributed by atoms with Crippen LogP contribution in [0.15, 0.2) is 133 Å². The molecule has 0 N–H and O–H groups in total. The quantitative estimate of drug-likeness (QED) is 0.132. The molecule has 1 aliphatic carbocycles. The van der Waals surface area contributed by atoms with E-state index in [0.717, 1.165) is 0 Å². The summed E-state index contributed by atoms with van der Waals surface area (Å²) in [6, 6.07) is 50.4. The lowest BCUT2D eigenvalue weighted by molar-refractivity contribution is 0.405. The molecule has 0 saturated heterocycles. The predicted molar refractivity (Wildman–Crippen MR) is 210 cm³/mol. The molecule has 8 aromatic rings. The fourth-order valence-electron chi connectivity index (χ4n) is 9.17. The molecule has 2 heterocycles. The highest BCUT2D eigenvalue weighted by Crippen LogP contribution is 2.55. The fourth-order valence-corrected chi connectivity index (χ4v) is 9.17. The Kier molecular flexibility index (Phi) is 7.42. The molecule has 9 rings (SSSR count). The molecular weight excluding hydrogens is 593 g/mol. The van der Waals surface area contributed by atoms with Gasteiger partial charge in [0.15, 0.2) is 0 Å². The van der Waals surface area contributed by atoms with Crippen LogP contribution in [0.4, 0.5) is 0 Å². The summed E-state index contributed by atoms with van der Waals surface area (Å²) in [6.45, 7) is 4.67. The second-order valence-electron chi connectivity index (χ2n) is 14.2. The highest BCUT2D eigenvalue weighted by molar-refractivity contribution is 6.10. The van der Waals surface area contributed by atoms with E-state index in [2.05, 4.69) is 156 Å². The van der Waals surface area contributed by atoms with Gasteiger partial charge in [-0.2, -0.15) is 0 Å². The normalized spacial score (nSPS) is 13.5. The van der Waals surface area contributed by atoms with Gasteiger partial charge in [0.05, 0.1) is 22.1 Å². The van der Waals surface area contributed by atoms with Crippen LogP contribution < -0.4 is 0 Å². The minimum atomic E-state index is -0.0292. The molecule has 0 spiro atoms. The van der Waals surface area contributed by atoms with Gasteiger partial charge in [0.25, 0.3) is 0 Å². The molecule has 0 atom stereocenters. The SMILES string of the molecule is CCCCCC1(CCCCC)c2cc(-n3c4ccccc4c4ccccc43)ccc2-c2ccc(-n3c4ccccc4c4ccccc43)cc21. The number of para-hydroxylation sites is 4. The van der Waals surface area contributed by atoms with Crippen LogP contribution in [-0.2, 0) is 5.41 Å². The van der Waals surface area contributed by atoms with Gasteiger partial charge in [0.1, 0.15) is 0 Å². The number of unbranched alkanes of at least 4 members (excludes halogenated alkanes) is 4. The van der Waals surface area contributed by atoms with Crippen LogP contribution in [0.5, 0.6) is 0 Å². The van der Waals surface area contributed by atoms with Crippen molar-refractivity contribution < 1.29 is 0 Å². The molecule has 2 aromatic heterocycles. The van der Waals surface area contributed by atoms with Crippen molar-refractivity contribution in [3.63, 3.8) is 0 Å². The molecule has 0 saturated carbocycles. The summed E-state index contributed by atoms with van der Waals surface area (Å²) >= 11 is 0. The second kappa shape index (κ2) is 12.1. The van der Waals surface area contributed by atoms with Crippen LogP contribution in [0.3, 0.4) is 0 Å². The van der Waals surface area contributed by atoms with E-state index in [9.17, 15) is 0 Å². The molecule has 6 aromatic carbocycles. The van der Waals surface area contributed by atoms with Gasteiger partial charge in [-0.3, -0.25) is 0 Å². The van der Waals surface area contributed by atoms with Crippen molar-refractivity contribution in [3.8, 4) is 22.5 Å². The lowest BCUT2D eigenvalue weighted by Crippen LogP contribution is -2.26. The molecule has 0 bridgehead atoms. The maximum Gasteiger partial charge on any atom is 0.0541 e. The molecule has 0 amide bonds. The third-order valence-electron chi connectivity index (χ3n) is 11.4. The van der Waals surface area contributed by atoms with Crippen LogP contribution in [0.1, 0.15) is 76.3 Å². The Labute approximate surface area is 289 Å². The summed E-state index contributed by atoms with van der Waals surface area (Å²) in [6.07, 6.45) is 9.82. The molecule has 242 valence electrons. The summed E-state index contributed by atoms with van der Waals surface area (Å²) in [5.41, 5.74) is 13.5. The molecule has 0 radical (unpaired) electrons. The van der Waals surface area contributed by atoms with Gasteiger partial charge < -0.3 is 9.13 Å². The van der Waals surface area contributed by atoms with Crippen molar-refractivity contribution in [3.05, 3.63) is 145 Å². The van der Waals surface area contributed by atoms with E-state index < -0.39 is 0 Å². The van der Waals surface area contributed by atoms with Crippen molar-refractivity contribution >= 4 is 43.6 Å². The van der Waals surface area contributed by atoms with Crippen LogP contribution in [0, 0.1) is 0 Å². The van der Waals surface area contributed by atoms with Gasteiger partial charge in [-0.1, -0.05) is 137 Å². The van der Waals surface area contributed by atoms with Crippen LogP contribution in [0.25, 0.3) is 66.1 Å². The number of fused-ring (bicyclic) bond motifs is 9. The van der Waals surface area contributed by atoms with Gasteiger partial charge in [-0.25, -0.2) is 0 Å². The Bertz CT molecular complexity index is 2210. The van der Waals surface area contributed by atoms with Gasteiger partial charge in [-0.15, -0.1) is 0 Å². The molecule has 2 heteroatoms. The Hall–Kier alpha value is -5.08. The van der Waals surface area contributed by atoms with Crippen LogP contribution >= 0.6 is 0 Å². The zero-order chi connectivity index (χ0) is 33.0. The van der Waals surface area contributed by atoms with Crippen molar-refractivity contribution in [2.45, 2.75) is 70.6 Å². The number of rotatable bonds is 10. The van der Waals surface area contributed by atoms with Crippen molar-refractivity contribution in [1.82, 2.24) is 9.13 Å². The second-order valence-corrected chi connectivity index (χ2v) is 14.2. The van der Waals surface area contributed by atoms with E-state index in [1.54, 1.807) is 0 Å². The van der Waals surface area contributed by atoms with Gasteiger partial charge in [0.2, 0.25) is 0 Å². The van der Waals surface area contributed by atoms with Gasteiger partial charge >= 0.3 is 0 Å². The Morgan fingerprint density at radius 1 is 0.408 bits per heavy atom. The fraction of sp³-hybridized carbons (Fsp3) is 0.234. The van der Waals surface area contributed by atoms with Gasteiger partial charge in [-0.05, 0) is 83.6 Å². The van der Waals surface area contributed by atoms with E-state index in [1.807, 2.05) is 0 Å². The number of benzene rings is 6. The highest BCUT2D eigenvalue weighted by atomic mass is 15.0. The zero-order valence-corrected chi connectivity index (χ0v) is 28.8. The van der Waals surface area contributed by atoms with Crippen molar-refractivity contribution in [1.29, 1.82) is 0 Å². The number of nitrogens with zero attached hydrogens (tertiary/aromatic N) is 2. The smallest absolute Gasteiger partial charge is 0.0541 e. The summed E-state index contributed by atoms with van der Waals surface area (Å²) in [5.74, 6) is 0. The largest absolute Gasteiger partial charge is 0.309 e. The highest BCUT2D eigenvalue weighted by Gasteiger charge is 2.43. The predicted octanol–water partition coefficient (Wildman–Crippen LogP) is 13.3. The maximum atomic E-state index is 2.58. The van der Waals surface area contributed by atoms with Crippen LogP contribution in [0.2, 0.25) is 0 Å². The first-order valence-corrected chi connectivity index (χ1v) is 18.5. The third kappa shape index (κ3) is 4.61. The van der Waals surface area contributed by atoms with E-state index >= 15 is 0 Å². The first kappa shape index (κ1) is 30.0. The van der Waals surface area contributed by atoms with E-state index in [1.165, 1.54) is 129 Å². The topological polar surface area (TPSA) is 9.86 Å². The average molecular weight is 637 g/mol. The molecule has 2 nitrogen and oxygen atoms in total. The van der Waals surface area contributed by atoms with Crippen LogP contribution in [-0.4, -0.2) is 9.13 Å². The minimum Gasteiger partial charge on any atom is -0.309 e. The van der Waals surface area contributed by atoms with Crippen molar-refractivity contribution in [2.24, 2.45) is 0 Å². The van der Waals surface area contributed by atoms with E-state index in [4.69, 9.17) is 0 Å². The summed E-state index contributed by atoms with van der Waals surface area (Å²) in [7, 11) is 0. The van der Waals surface area contributed by atoms with Gasteiger partial charge in [0, 0.05) is 38.3 Å². The van der Waals surface area contributed by atoms with E-state index in [0.29, 0.717) is 0 Å². The minimum absolute atomic E-state index is 0.0292. The molecule has 49 heavy (non-hydrogen) atoms. The number of hydrogen-bond donors (Lipinski definition) is 0. The summed E-state index contributed by atoms with van der Waals surface area (Å²) in [4.78, 5) is 0. The van der Waals surface area contributed by atoms with Crippen molar-refractivity contribution in [2.75, 3.05) is 0 Å².